The highest BCUT2D eigenvalue weighted by molar-refractivity contribution is 5.76. The number of anilines is 1. The topological polar surface area (TPSA) is 88.1 Å². The van der Waals surface area contributed by atoms with E-state index in [2.05, 4.69) is 4.98 Å². The number of hydrogen-bond donors (Lipinski definition) is 1. The molecule has 0 aromatic carbocycles. The van der Waals surface area contributed by atoms with Gasteiger partial charge in [0.25, 0.3) is 11.2 Å². The van der Waals surface area contributed by atoms with Crippen LogP contribution in [-0.4, -0.2) is 9.38 Å². The van der Waals surface area contributed by atoms with E-state index in [1.165, 1.54) is 10.5 Å². The Hall–Kier alpha value is -2.94. The number of nitrogen functional groups attached to an aromatic ring is 1. The van der Waals surface area contributed by atoms with E-state index in [0.717, 1.165) is 5.56 Å². The summed E-state index contributed by atoms with van der Waals surface area (Å²) in [5.74, 6) is 0.327. The van der Waals surface area contributed by atoms with Gasteiger partial charge in [-0.05, 0) is 38.5 Å². The highest BCUT2D eigenvalue weighted by Crippen LogP contribution is 2.16. The molecule has 2 N–H and O–H groups in total. The van der Waals surface area contributed by atoms with Gasteiger partial charge in [-0.25, -0.2) is 4.57 Å². The molecule has 0 aliphatic rings. The minimum Gasteiger partial charge on any atom is -0.317 e. The monoisotopic (exact) mass is 294 g/mol. The summed E-state index contributed by atoms with van der Waals surface area (Å²) in [7, 11) is 0. The Bertz CT molecular complexity index is 1010. The lowest BCUT2D eigenvalue weighted by atomic mass is 10.2. The molecule has 0 aliphatic carbocycles. The molecule has 0 saturated carbocycles. The molecule has 6 heteroatoms. The molecule has 3 rings (SSSR count). The number of fused-ring (bicyclic) bond motifs is 2. The molecule has 0 radical (unpaired) electrons. The minimum absolute atomic E-state index is 0.0180. The zero-order valence-corrected chi connectivity index (χ0v) is 12.7. The van der Waals surface area contributed by atoms with Crippen LogP contribution in [0.15, 0.2) is 29.2 Å². The Morgan fingerprint density at radius 2 is 2.14 bits per heavy atom. The standard InChI is InChI=1S/C16H15N5O/c1-9(2)21-14(18)11(7-17)6-12-15(21)19-13-5-4-10(3)8-20(13)16(12)22/h4-6,8-9,18H,1-3H3/p+1. The summed E-state index contributed by atoms with van der Waals surface area (Å²) in [5, 5.41) is 9.65. The molecule has 0 fully saturated rings. The molecule has 22 heavy (non-hydrogen) atoms. The second kappa shape index (κ2) is 4.81. The zero-order valence-electron chi connectivity index (χ0n) is 12.7. The van der Waals surface area contributed by atoms with Crippen molar-refractivity contribution in [1.29, 1.82) is 5.26 Å². The summed E-state index contributed by atoms with van der Waals surface area (Å²) in [4.78, 5) is 17.3. The first-order valence-corrected chi connectivity index (χ1v) is 7.01. The van der Waals surface area contributed by atoms with E-state index in [-0.39, 0.29) is 17.2 Å². The van der Waals surface area contributed by atoms with Crippen LogP contribution in [0, 0.1) is 18.3 Å². The molecule has 0 atom stereocenters. The fourth-order valence-corrected chi connectivity index (χ4v) is 2.63. The van der Waals surface area contributed by atoms with E-state index in [1.54, 1.807) is 16.8 Å². The maximum Gasteiger partial charge on any atom is 0.278 e. The van der Waals surface area contributed by atoms with Crippen molar-refractivity contribution in [2.75, 3.05) is 5.73 Å². The van der Waals surface area contributed by atoms with Crippen LogP contribution in [0.1, 0.15) is 31.0 Å². The van der Waals surface area contributed by atoms with Gasteiger partial charge in [-0.15, -0.1) is 0 Å². The van der Waals surface area contributed by atoms with Crippen LogP contribution in [0.25, 0.3) is 16.7 Å². The summed E-state index contributed by atoms with van der Waals surface area (Å²) in [6.45, 7) is 5.79. The maximum atomic E-state index is 12.8. The van der Waals surface area contributed by atoms with Crippen molar-refractivity contribution in [1.82, 2.24) is 9.38 Å². The van der Waals surface area contributed by atoms with Crippen molar-refractivity contribution in [3.05, 3.63) is 45.9 Å². The van der Waals surface area contributed by atoms with Crippen LogP contribution >= 0.6 is 0 Å². The fraction of sp³-hybridized carbons (Fsp3) is 0.250. The van der Waals surface area contributed by atoms with Gasteiger partial charge in [-0.3, -0.25) is 9.20 Å². The first-order chi connectivity index (χ1) is 10.4. The summed E-state index contributed by atoms with van der Waals surface area (Å²) in [5.41, 5.74) is 8.18. The Morgan fingerprint density at radius 3 is 2.77 bits per heavy atom. The average Bonchev–Trinajstić information content (AvgIpc) is 2.47. The van der Waals surface area contributed by atoms with Gasteiger partial charge in [-0.2, -0.15) is 5.26 Å². The van der Waals surface area contributed by atoms with Crippen molar-refractivity contribution in [3.63, 3.8) is 0 Å². The van der Waals surface area contributed by atoms with Gasteiger partial charge >= 0.3 is 0 Å². The lowest BCUT2D eigenvalue weighted by Gasteiger charge is -2.12. The highest BCUT2D eigenvalue weighted by Gasteiger charge is 2.22. The van der Waals surface area contributed by atoms with E-state index in [0.29, 0.717) is 22.5 Å². The molecule has 3 aromatic rings. The lowest BCUT2D eigenvalue weighted by Crippen LogP contribution is -2.43. The van der Waals surface area contributed by atoms with Crippen LogP contribution < -0.4 is 15.9 Å². The van der Waals surface area contributed by atoms with Crippen molar-refractivity contribution in [3.8, 4) is 6.07 Å². The molecule has 3 aromatic heterocycles. The molecule has 3 heterocycles. The van der Waals surface area contributed by atoms with Gasteiger partial charge in [0.15, 0.2) is 0 Å². The SMILES string of the molecule is Cc1ccc2nc3c(cc(C#N)c(N)[n+]3C(C)C)c(=O)n2c1. The van der Waals surface area contributed by atoms with Crippen molar-refractivity contribution in [2.24, 2.45) is 0 Å². The second-order valence-corrected chi connectivity index (χ2v) is 5.61. The third-order valence-electron chi connectivity index (χ3n) is 3.67. The van der Waals surface area contributed by atoms with E-state index in [9.17, 15) is 10.1 Å². The van der Waals surface area contributed by atoms with Crippen molar-refractivity contribution < 1.29 is 4.57 Å². The molecule has 0 unspecified atom stereocenters. The number of rotatable bonds is 1. The smallest absolute Gasteiger partial charge is 0.278 e. The number of hydrogen-bond acceptors (Lipinski definition) is 4. The zero-order chi connectivity index (χ0) is 16.0. The average molecular weight is 294 g/mol. The first-order valence-electron chi connectivity index (χ1n) is 7.01. The highest BCUT2D eigenvalue weighted by atomic mass is 16.1. The molecule has 0 spiro atoms. The van der Waals surface area contributed by atoms with E-state index in [4.69, 9.17) is 5.73 Å². The summed E-state index contributed by atoms with van der Waals surface area (Å²) in [6.07, 6.45) is 1.74. The quantitative estimate of drug-likeness (QED) is 0.544. The third-order valence-corrected chi connectivity index (χ3v) is 3.67. The van der Waals surface area contributed by atoms with Crippen LogP contribution in [-0.2, 0) is 0 Å². The molecule has 0 amide bonds. The van der Waals surface area contributed by atoms with Gasteiger partial charge in [-0.1, -0.05) is 11.1 Å². The molecule has 0 bridgehead atoms. The predicted molar refractivity (Wildman–Crippen MR) is 83.4 cm³/mol. The number of aromatic nitrogens is 3. The molecular weight excluding hydrogens is 278 g/mol. The number of nitrogens with two attached hydrogens (primary N) is 1. The van der Waals surface area contributed by atoms with Crippen molar-refractivity contribution in [2.45, 2.75) is 26.8 Å². The molecule has 110 valence electrons. The summed E-state index contributed by atoms with van der Waals surface area (Å²) in [6, 6.07) is 7.26. The van der Waals surface area contributed by atoms with Gasteiger partial charge in [0.1, 0.15) is 17.0 Å². The molecule has 6 nitrogen and oxygen atoms in total. The normalized spacial score (nSPS) is 11.2. The Kier molecular flexibility index (Phi) is 3.06. The molecule has 0 aliphatic heterocycles. The first kappa shape index (κ1) is 14.0. The molecule has 0 saturated heterocycles. The Balaban J connectivity index is 2.61. The molecular formula is C16H16N5O+. The minimum atomic E-state index is -0.199. The van der Waals surface area contributed by atoms with E-state index in [1.807, 2.05) is 32.9 Å². The van der Waals surface area contributed by atoms with Crippen LogP contribution in [0.5, 0.6) is 0 Å². The lowest BCUT2D eigenvalue weighted by molar-refractivity contribution is -0.679. The Morgan fingerprint density at radius 1 is 1.41 bits per heavy atom. The third kappa shape index (κ3) is 1.91. The van der Waals surface area contributed by atoms with Crippen LogP contribution in [0.4, 0.5) is 5.82 Å². The van der Waals surface area contributed by atoms with Gasteiger partial charge in [0.05, 0.1) is 6.04 Å². The van der Waals surface area contributed by atoms with E-state index < -0.39 is 0 Å². The number of nitrogens with zero attached hydrogens (tertiary/aromatic N) is 4. The predicted octanol–water partition coefficient (Wildman–Crippen LogP) is 1.48. The van der Waals surface area contributed by atoms with Crippen molar-refractivity contribution >= 4 is 22.5 Å². The van der Waals surface area contributed by atoms with E-state index >= 15 is 0 Å². The summed E-state index contributed by atoms with van der Waals surface area (Å²) >= 11 is 0. The second-order valence-electron chi connectivity index (χ2n) is 5.61. The van der Waals surface area contributed by atoms with Gasteiger partial charge in [0.2, 0.25) is 11.5 Å². The van der Waals surface area contributed by atoms with Gasteiger partial charge < -0.3 is 5.73 Å². The maximum absolute atomic E-state index is 12.8. The fourth-order valence-electron chi connectivity index (χ4n) is 2.63. The number of pyridine rings is 2. The van der Waals surface area contributed by atoms with Gasteiger partial charge in [0, 0.05) is 6.20 Å². The number of nitriles is 1. The van der Waals surface area contributed by atoms with Crippen LogP contribution in [0.3, 0.4) is 0 Å². The summed E-state index contributed by atoms with van der Waals surface area (Å²) < 4.78 is 3.23. The van der Waals surface area contributed by atoms with Crippen LogP contribution in [0.2, 0.25) is 0 Å². The Labute approximate surface area is 127 Å². The number of aryl methyl sites for hydroxylation is 1. The largest absolute Gasteiger partial charge is 0.317 e.